The summed E-state index contributed by atoms with van der Waals surface area (Å²) >= 11 is 0. The topological polar surface area (TPSA) is 111 Å². The molecule has 0 saturated heterocycles. The van der Waals surface area contributed by atoms with Crippen LogP contribution in [0.2, 0.25) is 0 Å². The van der Waals surface area contributed by atoms with E-state index in [2.05, 4.69) is 15.5 Å². The Labute approximate surface area is 177 Å². The highest BCUT2D eigenvalue weighted by Gasteiger charge is 2.18. The Morgan fingerprint density at radius 1 is 1.06 bits per heavy atom. The van der Waals surface area contributed by atoms with Crippen molar-refractivity contribution in [2.45, 2.75) is 13.3 Å². The number of nitrogens with one attached hydrogen (secondary N) is 1. The van der Waals surface area contributed by atoms with Crippen LogP contribution in [0.5, 0.6) is 0 Å². The quantitative estimate of drug-likeness (QED) is 0.358. The van der Waals surface area contributed by atoms with Crippen molar-refractivity contribution in [1.29, 1.82) is 0 Å². The average Bonchev–Trinajstić information content (AvgIpc) is 3.23. The number of aromatic nitrogens is 2. The lowest BCUT2D eigenvalue weighted by Crippen LogP contribution is -2.13. The number of carbonyl (C=O) groups is 1. The van der Waals surface area contributed by atoms with Gasteiger partial charge in [-0.3, -0.25) is 14.9 Å². The molecule has 0 aliphatic carbocycles. The third-order valence-electron chi connectivity index (χ3n) is 4.75. The first-order valence-corrected chi connectivity index (χ1v) is 9.53. The largest absolute Gasteiger partial charge is 0.334 e. The summed E-state index contributed by atoms with van der Waals surface area (Å²) in [5, 5.41) is 18.0. The molecule has 0 radical (unpaired) electrons. The van der Waals surface area contributed by atoms with Crippen LogP contribution in [-0.2, 0) is 6.42 Å². The van der Waals surface area contributed by atoms with E-state index in [1.807, 2.05) is 30.3 Å². The van der Waals surface area contributed by atoms with Crippen LogP contribution in [0.3, 0.4) is 0 Å². The van der Waals surface area contributed by atoms with E-state index in [1.54, 1.807) is 43.3 Å². The Balaban J connectivity index is 1.58. The molecule has 0 aliphatic rings. The molecular weight excluding hydrogens is 396 g/mol. The molecule has 8 nitrogen and oxygen atoms in total. The van der Waals surface area contributed by atoms with Gasteiger partial charge < -0.3 is 9.84 Å². The van der Waals surface area contributed by atoms with Gasteiger partial charge >= 0.3 is 0 Å². The maximum Gasteiger partial charge on any atom is 0.273 e. The van der Waals surface area contributed by atoms with Gasteiger partial charge in [-0.05, 0) is 30.7 Å². The lowest BCUT2D eigenvalue weighted by atomic mass is 10.1. The minimum absolute atomic E-state index is 0.108. The van der Waals surface area contributed by atoms with Crippen LogP contribution in [0.4, 0.5) is 11.4 Å². The van der Waals surface area contributed by atoms with Crippen LogP contribution in [0.15, 0.2) is 77.3 Å². The minimum Gasteiger partial charge on any atom is -0.334 e. The zero-order valence-electron chi connectivity index (χ0n) is 16.6. The van der Waals surface area contributed by atoms with Crippen molar-refractivity contribution < 1.29 is 14.2 Å². The molecular formula is C23H18N4O4. The van der Waals surface area contributed by atoms with Gasteiger partial charge in [0, 0.05) is 23.6 Å². The second kappa shape index (κ2) is 8.58. The van der Waals surface area contributed by atoms with Gasteiger partial charge in [-0.2, -0.15) is 4.98 Å². The van der Waals surface area contributed by atoms with Gasteiger partial charge in [-0.1, -0.05) is 53.7 Å². The highest BCUT2D eigenvalue weighted by molar-refractivity contribution is 6.06. The number of carbonyl (C=O) groups excluding carboxylic acids is 1. The van der Waals surface area contributed by atoms with Crippen LogP contribution in [-0.4, -0.2) is 21.0 Å². The molecule has 1 amide bonds. The number of para-hydroxylation sites is 1. The van der Waals surface area contributed by atoms with E-state index in [1.165, 1.54) is 6.07 Å². The smallest absolute Gasteiger partial charge is 0.273 e. The van der Waals surface area contributed by atoms with Gasteiger partial charge in [-0.25, -0.2) is 0 Å². The van der Waals surface area contributed by atoms with Gasteiger partial charge in [0.1, 0.15) is 0 Å². The molecule has 3 aromatic carbocycles. The fourth-order valence-electron chi connectivity index (χ4n) is 3.13. The summed E-state index contributed by atoms with van der Waals surface area (Å²) in [6, 6.07) is 21.1. The molecule has 0 atom stereocenters. The summed E-state index contributed by atoms with van der Waals surface area (Å²) < 4.78 is 5.42. The first-order chi connectivity index (χ1) is 15.0. The number of hydrogen-bond acceptors (Lipinski definition) is 6. The molecule has 8 heteroatoms. The van der Waals surface area contributed by atoms with Crippen LogP contribution < -0.4 is 5.32 Å². The molecule has 0 saturated carbocycles. The molecule has 0 aliphatic heterocycles. The van der Waals surface area contributed by atoms with Crippen molar-refractivity contribution in [1.82, 2.24) is 10.1 Å². The third kappa shape index (κ3) is 4.48. The molecule has 1 aromatic heterocycles. The van der Waals surface area contributed by atoms with Crippen molar-refractivity contribution in [3.63, 3.8) is 0 Å². The van der Waals surface area contributed by atoms with E-state index >= 15 is 0 Å². The zero-order valence-corrected chi connectivity index (χ0v) is 16.6. The number of aryl methyl sites for hydroxylation is 1. The highest BCUT2D eigenvalue weighted by atomic mass is 16.6. The number of rotatable bonds is 6. The summed E-state index contributed by atoms with van der Waals surface area (Å²) in [6.07, 6.45) is 0.520. The summed E-state index contributed by atoms with van der Waals surface area (Å²) in [5.74, 6) is 0.327. The predicted molar refractivity (Wildman–Crippen MR) is 115 cm³/mol. The Morgan fingerprint density at radius 2 is 1.81 bits per heavy atom. The monoisotopic (exact) mass is 414 g/mol. The molecule has 31 heavy (non-hydrogen) atoms. The van der Waals surface area contributed by atoms with Gasteiger partial charge in [0.25, 0.3) is 17.5 Å². The Kier molecular flexibility index (Phi) is 5.53. The number of amides is 1. The first-order valence-electron chi connectivity index (χ1n) is 9.53. The number of nitrogens with zero attached hydrogens (tertiary/aromatic N) is 3. The summed E-state index contributed by atoms with van der Waals surface area (Å²) in [4.78, 5) is 27.8. The summed E-state index contributed by atoms with van der Waals surface area (Å²) in [7, 11) is 0. The Bertz CT molecular complexity index is 1250. The standard InChI is InChI=1S/C23H18N4O4/c1-15-11-12-17(14-20(15)27(29)30)22(28)24-19-10-6-5-9-18(19)23-25-21(26-31-23)13-16-7-3-2-4-8-16/h2-12,14H,13H2,1H3,(H,24,28). The summed E-state index contributed by atoms with van der Waals surface area (Å²) in [5.41, 5.74) is 2.64. The molecule has 0 unspecified atom stereocenters. The first kappa shape index (κ1) is 20.0. The normalized spacial score (nSPS) is 10.6. The van der Waals surface area contributed by atoms with Gasteiger partial charge in [0.15, 0.2) is 5.82 Å². The minimum atomic E-state index is -0.507. The molecule has 0 spiro atoms. The van der Waals surface area contributed by atoms with E-state index in [9.17, 15) is 14.9 Å². The van der Waals surface area contributed by atoms with Gasteiger partial charge in [0.05, 0.1) is 16.2 Å². The van der Waals surface area contributed by atoms with Crippen LogP contribution in [0, 0.1) is 17.0 Å². The number of nitro groups is 1. The van der Waals surface area contributed by atoms with E-state index in [0.29, 0.717) is 29.1 Å². The van der Waals surface area contributed by atoms with E-state index < -0.39 is 10.8 Å². The predicted octanol–water partition coefficient (Wildman–Crippen LogP) is 4.80. The molecule has 0 bridgehead atoms. The maximum absolute atomic E-state index is 12.7. The van der Waals surface area contributed by atoms with Crippen molar-refractivity contribution in [3.8, 4) is 11.5 Å². The fraction of sp³-hybridized carbons (Fsp3) is 0.0870. The lowest BCUT2D eigenvalue weighted by molar-refractivity contribution is -0.385. The number of hydrogen-bond donors (Lipinski definition) is 1. The highest BCUT2D eigenvalue weighted by Crippen LogP contribution is 2.28. The zero-order chi connectivity index (χ0) is 21.8. The van der Waals surface area contributed by atoms with Crippen LogP contribution in [0.1, 0.15) is 27.3 Å². The van der Waals surface area contributed by atoms with Gasteiger partial charge in [0.2, 0.25) is 0 Å². The lowest BCUT2D eigenvalue weighted by Gasteiger charge is -2.09. The fourth-order valence-corrected chi connectivity index (χ4v) is 3.13. The molecule has 4 aromatic rings. The van der Waals surface area contributed by atoms with E-state index in [0.717, 1.165) is 5.56 Å². The third-order valence-corrected chi connectivity index (χ3v) is 4.75. The SMILES string of the molecule is Cc1ccc(C(=O)Nc2ccccc2-c2nc(Cc3ccccc3)no2)cc1[N+](=O)[O-]. The van der Waals surface area contributed by atoms with E-state index in [-0.39, 0.29) is 17.1 Å². The number of benzene rings is 3. The van der Waals surface area contributed by atoms with Crippen molar-refractivity contribution in [2.75, 3.05) is 5.32 Å². The Hall–Kier alpha value is -4.33. The average molecular weight is 414 g/mol. The van der Waals surface area contributed by atoms with Gasteiger partial charge in [-0.15, -0.1) is 0 Å². The molecule has 4 rings (SSSR count). The maximum atomic E-state index is 12.7. The van der Waals surface area contributed by atoms with Crippen molar-refractivity contribution in [3.05, 3.63) is 105 Å². The Morgan fingerprint density at radius 3 is 2.58 bits per heavy atom. The molecule has 0 fully saturated rings. The van der Waals surface area contributed by atoms with Crippen molar-refractivity contribution in [2.24, 2.45) is 0 Å². The number of anilines is 1. The molecule has 1 heterocycles. The van der Waals surface area contributed by atoms with Crippen LogP contribution >= 0.6 is 0 Å². The molecule has 154 valence electrons. The number of nitro benzene ring substituents is 1. The second-order valence-corrected chi connectivity index (χ2v) is 6.94. The summed E-state index contributed by atoms with van der Waals surface area (Å²) in [6.45, 7) is 1.62. The molecule has 1 N–H and O–H groups in total. The van der Waals surface area contributed by atoms with E-state index in [4.69, 9.17) is 4.52 Å². The van der Waals surface area contributed by atoms with Crippen LogP contribution in [0.25, 0.3) is 11.5 Å². The van der Waals surface area contributed by atoms with Crippen molar-refractivity contribution >= 4 is 17.3 Å². The second-order valence-electron chi connectivity index (χ2n) is 6.94.